The van der Waals surface area contributed by atoms with Crippen molar-refractivity contribution >= 4 is 23.3 Å². The van der Waals surface area contributed by atoms with Gasteiger partial charge in [-0.15, -0.1) is 0 Å². The van der Waals surface area contributed by atoms with E-state index < -0.39 is 5.97 Å². The first-order chi connectivity index (χ1) is 14.7. The van der Waals surface area contributed by atoms with Gasteiger partial charge in [0.05, 0.1) is 18.0 Å². The van der Waals surface area contributed by atoms with Crippen LogP contribution in [0.2, 0.25) is 0 Å². The van der Waals surface area contributed by atoms with E-state index in [0.29, 0.717) is 30.5 Å². The second-order valence-electron chi connectivity index (χ2n) is 7.06. The van der Waals surface area contributed by atoms with Gasteiger partial charge in [-0.3, -0.25) is 0 Å². The number of fused-ring (bicyclic) bond motifs is 1. The zero-order valence-corrected chi connectivity index (χ0v) is 17.7. The van der Waals surface area contributed by atoms with E-state index in [9.17, 15) is 4.79 Å². The quantitative estimate of drug-likeness (QED) is 0.504. The maximum Gasteiger partial charge on any atom is 0.359 e. The number of rotatable bonds is 5. The average Bonchev–Trinajstić information content (AvgIpc) is 3.18. The van der Waals surface area contributed by atoms with Gasteiger partial charge in [0.1, 0.15) is 0 Å². The molecule has 1 aromatic heterocycles. The first kappa shape index (κ1) is 20.1. The summed E-state index contributed by atoms with van der Waals surface area (Å²) in [7, 11) is 0. The smallest absolute Gasteiger partial charge is 0.359 e. The van der Waals surface area contributed by atoms with E-state index >= 15 is 0 Å². The number of para-hydroxylation sites is 1. The van der Waals surface area contributed by atoms with Crippen molar-refractivity contribution in [1.82, 2.24) is 20.0 Å². The van der Waals surface area contributed by atoms with E-state index in [0.717, 1.165) is 29.9 Å². The van der Waals surface area contributed by atoms with Crippen molar-refractivity contribution in [3.63, 3.8) is 0 Å². The normalized spacial score (nSPS) is 12.9. The average molecular weight is 421 g/mol. The van der Waals surface area contributed by atoms with Gasteiger partial charge in [0.15, 0.2) is 10.8 Å². The SMILES string of the molecule is CCOC(=O)c1nn(-c2ccccc2)c2c1CN(C(=S)NCc1ccccc1)CC2. The van der Waals surface area contributed by atoms with Gasteiger partial charge in [-0.1, -0.05) is 48.5 Å². The molecule has 0 unspecified atom stereocenters. The molecule has 0 spiro atoms. The van der Waals surface area contributed by atoms with E-state index in [1.54, 1.807) is 6.92 Å². The number of ether oxygens (including phenoxy) is 1. The zero-order chi connectivity index (χ0) is 20.9. The van der Waals surface area contributed by atoms with Gasteiger partial charge in [0.25, 0.3) is 0 Å². The third-order valence-corrected chi connectivity index (χ3v) is 5.50. The van der Waals surface area contributed by atoms with Crippen molar-refractivity contribution in [2.45, 2.75) is 26.4 Å². The minimum Gasteiger partial charge on any atom is -0.461 e. The van der Waals surface area contributed by atoms with E-state index in [1.165, 1.54) is 5.56 Å². The fourth-order valence-electron chi connectivity index (χ4n) is 3.62. The number of aromatic nitrogens is 2. The minimum absolute atomic E-state index is 0.312. The van der Waals surface area contributed by atoms with Crippen LogP contribution < -0.4 is 5.32 Å². The first-order valence-corrected chi connectivity index (χ1v) is 10.5. The lowest BCUT2D eigenvalue weighted by Gasteiger charge is -2.30. The Morgan fingerprint density at radius 2 is 1.83 bits per heavy atom. The molecule has 154 valence electrons. The molecule has 0 amide bonds. The summed E-state index contributed by atoms with van der Waals surface area (Å²) in [4.78, 5) is 14.7. The predicted octanol–water partition coefficient (Wildman–Crippen LogP) is 3.48. The van der Waals surface area contributed by atoms with Crippen molar-refractivity contribution in [2.75, 3.05) is 13.2 Å². The number of hydrogen-bond donors (Lipinski definition) is 1. The Bertz CT molecular complexity index is 1030. The molecule has 0 aliphatic carbocycles. The van der Waals surface area contributed by atoms with Gasteiger partial charge in [-0.2, -0.15) is 5.10 Å². The number of thiocarbonyl (C=S) groups is 1. The highest BCUT2D eigenvalue weighted by Gasteiger charge is 2.30. The third kappa shape index (κ3) is 4.21. The van der Waals surface area contributed by atoms with Crippen molar-refractivity contribution in [2.24, 2.45) is 0 Å². The molecular formula is C23H24N4O2S. The van der Waals surface area contributed by atoms with Crippen LogP contribution in [0.4, 0.5) is 0 Å². The molecule has 6 nitrogen and oxygen atoms in total. The molecule has 1 aliphatic heterocycles. The number of benzene rings is 2. The molecule has 2 heterocycles. The summed E-state index contributed by atoms with van der Waals surface area (Å²) >= 11 is 5.63. The summed E-state index contributed by atoms with van der Waals surface area (Å²) in [5.41, 5.74) is 4.38. The van der Waals surface area contributed by atoms with Gasteiger partial charge < -0.3 is 15.0 Å². The Morgan fingerprint density at radius 1 is 1.13 bits per heavy atom. The lowest BCUT2D eigenvalue weighted by atomic mass is 10.1. The molecule has 0 bridgehead atoms. The maximum atomic E-state index is 12.6. The van der Waals surface area contributed by atoms with Crippen LogP contribution in [0.25, 0.3) is 5.69 Å². The molecule has 2 aromatic carbocycles. The van der Waals surface area contributed by atoms with Crippen LogP contribution in [-0.4, -0.2) is 38.9 Å². The molecule has 4 rings (SSSR count). The zero-order valence-electron chi connectivity index (χ0n) is 16.9. The lowest BCUT2D eigenvalue weighted by Crippen LogP contribution is -2.42. The van der Waals surface area contributed by atoms with Gasteiger partial charge >= 0.3 is 5.97 Å². The summed E-state index contributed by atoms with van der Waals surface area (Å²) in [5, 5.41) is 8.62. The van der Waals surface area contributed by atoms with Gasteiger partial charge in [-0.25, -0.2) is 9.48 Å². The minimum atomic E-state index is -0.395. The van der Waals surface area contributed by atoms with Crippen LogP contribution in [0.1, 0.15) is 34.2 Å². The van der Waals surface area contributed by atoms with Crippen LogP contribution in [-0.2, 0) is 24.2 Å². The highest BCUT2D eigenvalue weighted by Crippen LogP contribution is 2.26. The summed E-state index contributed by atoms with van der Waals surface area (Å²) in [6.07, 6.45) is 0.740. The standard InChI is InChI=1S/C23H24N4O2S/c1-2-29-22(28)21-19-16-26(23(30)24-15-17-9-5-3-6-10-17)14-13-20(19)27(25-21)18-11-7-4-8-12-18/h3-12H,2,13-16H2,1H3,(H,24,30). The van der Waals surface area contributed by atoms with Crippen LogP contribution in [0, 0.1) is 0 Å². The Morgan fingerprint density at radius 3 is 2.53 bits per heavy atom. The van der Waals surface area contributed by atoms with Crippen LogP contribution in [0.15, 0.2) is 60.7 Å². The molecule has 30 heavy (non-hydrogen) atoms. The van der Waals surface area contributed by atoms with E-state index in [2.05, 4.69) is 27.4 Å². The highest BCUT2D eigenvalue weighted by atomic mass is 32.1. The first-order valence-electron chi connectivity index (χ1n) is 10.1. The summed E-state index contributed by atoms with van der Waals surface area (Å²) in [5.74, 6) is -0.395. The van der Waals surface area contributed by atoms with E-state index in [4.69, 9.17) is 17.0 Å². The molecule has 0 radical (unpaired) electrons. The van der Waals surface area contributed by atoms with Crippen molar-refractivity contribution in [3.05, 3.63) is 83.2 Å². The van der Waals surface area contributed by atoms with Gasteiger partial charge in [0.2, 0.25) is 0 Å². The molecule has 0 saturated carbocycles. The predicted molar refractivity (Wildman–Crippen MR) is 120 cm³/mol. The summed E-state index contributed by atoms with van der Waals surface area (Å²) in [6, 6.07) is 20.0. The molecule has 1 aliphatic rings. The number of esters is 1. The van der Waals surface area contributed by atoms with Crippen molar-refractivity contribution < 1.29 is 9.53 Å². The molecule has 0 fully saturated rings. The van der Waals surface area contributed by atoms with Gasteiger partial charge in [-0.05, 0) is 36.8 Å². The van der Waals surface area contributed by atoms with Crippen LogP contribution in [0.5, 0.6) is 0 Å². The Labute approximate surface area is 181 Å². The molecule has 7 heteroatoms. The monoisotopic (exact) mass is 420 g/mol. The lowest BCUT2D eigenvalue weighted by molar-refractivity contribution is 0.0517. The summed E-state index contributed by atoms with van der Waals surface area (Å²) in [6.45, 7) is 4.06. The Hall–Kier alpha value is -3.19. The molecule has 1 N–H and O–H groups in total. The second kappa shape index (κ2) is 9.09. The Balaban J connectivity index is 1.57. The van der Waals surface area contributed by atoms with Crippen LogP contribution in [0.3, 0.4) is 0 Å². The number of carbonyl (C=O) groups excluding carboxylic acids is 1. The topological polar surface area (TPSA) is 59.4 Å². The number of nitrogens with zero attached hydrogens (tertiary/aromatic N) is 3. The Kier molecular flexibility index (Phi) is 6.09. The van der Waals surface area contributed by atoms with Gasteiger partial charge in [0, 0.05) is 31.6 Å². The number of nitrogens with one attached hydrogen (secondary N) is 1. The second-order valence-corrected chi connectivity index (χ2v) is 7.44. The highest BCUT2D eigenvalue weighted by molar-refractivity contribution is 7.80. The number of hydrogen-bond acceptors (Lipinski definition) is 4. The number of carbonyl (C=O) groups is 1. The fraction of sp³-hybridized carbons (Fsp3) is 0.261. The maximum absolute atomic E-state index is 12.6. The fourth-order valence-corrected chi connectivity index (χ4v) is 3.85. The largest absolute Gasteiger partial charge is 0.461 e. The molecule has 0 atom stereocenters. The molecule has 0 saturated heterocycles. The third-order valence-electron chi connectivity index (χ3n) is 5.10. The van der Waals surface area contributed by atoms with Crippen molar-refractivity contribution in [1.29, 1.82) is 0 Å². The van der Waals surface area contributed by atoms with Crippen molar-refractivity contribution in [3.8, 4) is 5.69 Å². The summed E-state index contributed by atoms with van der Waals surface area (Å²) < 4.78 is 7.12. The molecule has 3 aromatic rings. The van der Waals surface area contributed by atoms with E-state index in [1.807, 2.05) is 53.2 Å². The van der Waals surface area contributed by atoms with Crippen LogP contribution >= 0.6 is 12.2 Å². The van der Waals surface area contributed by atoms with E-state index in [-0.39, 0.29) is 0 Å². The molecular weight excluding hydrogens is 396 g/mol.